The number of alkyl halides is 3. The average molecular weight is 378 g/mol. The lowest BCUT2D eigenvalue weighted by Gasteiger charge is -2.18. The molecule has 27 heavy (non-hydrogen) atoms. The van der Waals surface area contributed by atoms with Gasteiger partial charge in [0.2, 0.25) is 5.91 Å². The number of nitrogens with one attached hydrogen (secondary N) is 1. The van der Waals surface area contributed by atoms with Gasteiger partial charge in [0.05, 0.1) is 17.9 Å². The summed E-state index contributed by atoms with van der Waals surface area (Å²) in [7, 11) is 0. The lowest BCUT2D eigenvalue weighted by atomic mass is 10.0. The van der Waals surface area contributed by atoms with Crippen molar-refractivity contribution in [2.45, 2.75) is 44.3 Å². The van der Waals surface area contributed by atoms with E-state index in [4.69, 9.17) is 0 Å². The summed E-state index contributed by atoms with van der Waals surface area (Å²) >= 11 is 0. The highest BCUT2D eigenvalue weighted by Gasteiger charge is 2.28. The third-order valence-electron chi connectivity index (χ3n) is 4.36. The van der Waals surface area contributed by atoms with E-state index in [0.717, 1.165) is 5.56 Å². The van der Waals surface area contributed by atoms with E-state index in [1.165, 1.54) is 37.6 Å². The highest BCUT2D eigenvalue weighted by molar-refractivity contribution is 5.73. The number of carbonyl (C=O) groups excluding carboxylic acids is 1. The van der Waals surface area contributed by atoms with Crippen molar-refractivity contribution in [3.8, 4) is 5.75 Å². The minimum atomic E-state index is -4.40. The molecule has 1 fully saturated rings. The van der Waals surface area contributed by atoms with Crippen LogP contribution in [0.1, 0.15) is 48.5 Å². The van der Waals surface area contributed by atoms with E-state index in [0.29, 0.717) is 18.0 Å². The van der Waals surface area contributed by atoms with E-state index < -0.39 is 12.8 Å². The minimum Gasteiger partial charge on any atom is -0.483 e. The molecule has 0 bridgehead atoms. The Morgan fingerprint density at radius 2 is 1.93 bits per heavy atom. The fraction of sp³-hybridized carbons (Fsp3) is 0.400. The second kappa shape index (κ2) is 7.98. The predicted octanol–water partition coefficient (Wildman–Crippen LogP) is 4.32. The van der Waals surface area contributed by atoms with Crippen molar-refractivity contribution in [2.75, 3.05) is 6.61 Å². The van der Waals surface area contributed by atoms with Crippen LogP contribution in [0.25, 0.3) is 0 Å². The summed E-state index contributed by atoms with van der Waals surface area (Å²) < 4.78 is 41.3. The number of nitrogens with zero attached hydrogens (tertiary/aromatic N) is 1. The van der Waals surface area contributed by atoms with Gasteiger partial charge in [-0.2, -0.15) is 13.2 Å². The number of benzene rings is 1. The Bertz CT molecular complexity index is 769. The minimum absolute atomic E-state index is 0.0337. The highest BCUT2D eigenvalue weighted by Crippen LogP contribution is 2.40. The highest BCUT2D eigenvalue weighted by atomic mass is 19.4. The fourth-order valence-electron chi connectivity index (χ4n) is 2.90. The van der Waals surface area contributed by atoms with Gasteiger partial charge in [-0.3, -0.25) is 9.78 Å². The topological polar surface area (TPSA) is 51.2 Å². The van der Waals surface area contributed by atoms with Crippen LogP contribution < -0.4 is 10.1 Å². The molecule has 1 aliphatic rings. The van der Waals surface area contributed by atoms with Gasteiger partial charge in [-0.25, -0.2) is 0 Å². The molecule has 2 aromatic rings. The monoisotopic (exact) mass is 378 g/mol. The van der Waals surface area contributed by atoms with Crippen molar-refractivity contribution in [3.63, 3.8) is 0 Å². The average Bonchev–Trinajstić information content (AvgIpc) is 3.45. The van der Waals surface area contributed by atoms with E-state index >= 15 is 0 Å². The quantitative estimate of drug-likeness (QED) is 0.781. The van der Waals surface area contributed by atoms with Gasteiger partial charge in [-0.15, -0.1) is 0 Å². The first-order valence-electron chi connectivity index (χ1n) is 8.81. The first-order chi connectivity index (χ1) is 12.8. The SMILES string of the molecule is CC(=O)N[C@H](Cc1ccc(C2CC2)cc1)c1ccc(OCC(F)(F)F)cn1. The lowest BCUT2D eigenvalue weighted by molar-refractivity contribution is -0.153. The molecule has 1 atom stereocenters. The molecule has 1 aromatic carbocycles. The summed E-state index contributed by atoms with van der Waals surface area (Å²) in [5, 5.41) is 2.85. The van der Waals surface area contributed by atoms with Crippen LogP contribution in [-0.4, -0.2) is 23.7 Å². The van der Waals surface area contributed by atoms with E-state index in [1.54, 1.807) is 6.07 Å². The molecule has 4 nitrogen and oxygen atoms in total. The number of hydrogen-bond acceptors (Lipinski definition) is 3. The summed E-state index contributed by atoms with van der Waals surface area (Å²) in [6, 6.07) is 10.9. The molecular weight excluding hydrogens is 357 g/mol. The maximum atomic E-state index is 12.2. The maximum Gasteiger partial charge on any atom is 0.422 e. The number of aromatic nitrogens is 1. The normalized spacial score (nSPS) is 15.3. The summed E-state index contributed by atoms with van der Waals surface area (Å²) in [6.07, 6.45) is -0.141. The Morgan fingerprint density at radius 3 is 2.44 bits per heavy atom. The van der Waals surface area contributed by atoms with Gasteiger partial charge in [-0.05, 0) is 48.4 Å². The smallest absolute Gasteiger partial charge is 0.422 e. The van der Waals surface area contributed by atoms with Gasteiger partial charge in [0.1, 0.15) is 5.75 Å². The van der Waals surface area contributed by atoms with Gasteiger partial charge in [0, 0.05) is 6.92 Å². The summed E-state index contributed by atoms with van der Waals surface area (Å²) in [4.78, 5) is 15.7. The number of hydrogen-bond donors (Lipinski definition) is 1. The van der Waals surface area contributed by atoms with Crippen LogP contribution in [-0.2, 0) is 11.2 Å². The third-order valence-corrected chi connectivity index (χ3v) is 4.36. The zero-order valence-corrected chi connectivity index (χ0v) is 14.9. The molecule has 1 heterocycles. The number of amides is 1. The number of ether oxygens (including phenoxy) is 1. The second-order valence-corrected chi connectivity index (χ2v) is 6.80. The van der Waals surface area contributed by atoms with Crippen LogP contribution in [0.2, 0.25) is 0 Å². The largest absolute Gasteiger partial charge is 0.483 e. The van der Waals surface area contributed by atoms with Crippen molar-refractivity contribution >= 4 is 5.91 Å². The van der Waals surface area contributed by atoms with Crippen molar-refractivity contribution in [2.24, 2.45) is 0 Å². The molecule has 1 amide bonds. The van der Waals surface area contributed by atoms with E-state index in [-0.39, 0.29) is 17.7 Å². The van der Waals surface area contributed by atoms with E-state index in [2.05, 4.69) is 27.2 Å². The molecule has 3 rings (SSSR count). The molecule has 0 saturated heterocycles. The molecule has 0 unspecified atom stereocenters. The molecule has 0 radical (unpaired) electrons. The fourth-order valence-corrected chi connectivity index (χ4v) is 2.90. The number of pyridine rings is 1. The molecule has 0 spiro atoms. The summed E-state index contributed by atoms with van der Waals surface area (Å²) in [5.41, 5.74) is 2.95. The Labute approximate surface area is 155 Å². The molecule has 1 N–H and O–H groups in total. The molecule has 144 valence electrons. The van der Waals surface area contributed by atoms with Crippen molar-refractivity contribution in [1.29, 1.82) is 0 Å². The Hall–Kier alpha value is -2.57. The van der Waals surface area contributed by atoms with Crippen LogP contribution in [0.5, 0.6) is 5.75 Å². The van der Waals surface area contributed by atoms with Gasteiger partial charge < -0.3 is 10.1 Å². The van der Waals surface area contributed by atoms with Crippen molar-refractivity contribution < 1.29 is 22.7 Å². The maximum absolute atomic E-state index is 12.2. The van der Waals surface area contributed by atoms with Crippen LogP contribution >= 0.6 is 0 Å². The Kier molecular flexibility index (Phi) is 5.68. The van der Waals surface area contributed by atoms with Gasteiger partial charge in [0.15, 0.2) is 6.61 Å². The van der Waals surface area contributed by atoms with Gasteiger partial charge >= 0.3 is 6.18 Å². The number of carbonyl (C=O) groups is 1. The molecule has 1 saturated carbocycles. The van der Waals surface area contributed by atoms with Crippen LogP contribution in [0, 0.1) is 0 Å². The van der Waals surface area contributed by atoms with Gasteiger partial charge in [-0.1, -0.05) is 24.3 Å². The van der Waals surface area contributed by atoms with Gasteiger partial charge in [0.25, 0.3) is 0 Å². The first-order valence-corrected chi connectivity index (χ1v) is 8.81. The Balaban J connectivity index is 1.68. The van der Waals surface area contributed by atoms with Crippen LogP contribution in [0.4, 0.5) is 13.2 Å². The van der Waals surface area contributed by atoms with E-state index in [1.807, 2.05) is 12.1 Å². The summed E-state index contributed by atoms with van der Waals surface area (Å²) in [5.74, 6) is 0.510. The molecular formula is C20H21F3N2O2. The van der Waals surface area contributed by atoms with E-state index in [9.17, 15) is 18.0 Å². The standard InChI is InChI=1S/C20H21F3N2O2/c1-13(26)25-19(10-14-2-4-15(5-3-14)16-6-7-16)18-9-8-17(11-24-18)27-12-20(21,22)23/h2-5,8-9,11,16,19H,6-7,10,12H2,1H3,(H,25,26)/t19-/m1/s1. The van der Waals surface area contributed by atoms with Crippen molar-refractivity contribution in [3.05, 3.63) is 59.4 Å². The molecule has 1 aliphatic carbocycles. The first kappa shape index (κ1) is 19.2. The predicted molar refractivity (Wildman–Crippen MR) is 94.5 cm³/mol. The zero-order valence-electron chi connectivity index (χ0n) is 14.9. The third kappa shape index (κ3) is 5.98. The number of rotatable bonds is 7. The zero-order chi connectivity index (χ0) is 19.4. The van der Waals surface area contributed by atoms with Crippen molar-refractivity contribution in [1.82, 2.24) is 10.3 Å². The molecule has 7 heteroatoms. The number of halogens is 3. The second-order valence-electron chi connectivity index (χ2n) is 6.80. The molecule has 0 aliphatic heterocycles. The molecule has 1 aromatic heterocycles. The summed E-state index contributed by atoms with van der Waals surface area (Å²) in [6.45, 7) is 0.0560. The lowest BCUT2D eigenvalue weighted by Crippen LogP contribution is -2.28. The Morgan fingerprint density at radius 1 is 1.22 bits per heavy atom. The van der Waals surface area contributed by atoms with Crippen LogP contribution in [0.15, 0.2) is 42.6 Å². The van der Waals surface area contributed by atoms with Crippen LogP contribution in [0.3, 0.4) is 0 Å².